The third-order valence-electron chi connectivity index (χ3n) is 14.0. The van der Waals surface area contributed by atoms with Gasteiger partial charge >= 0.3 is 0 Å². The number of nitrogens with one attached hydrogen (secondary N) is 1. The number of hydrogen-bond acceptors (Lipinski definition) is 5. The van der Waals surface area contributed by atoms with Crippen LogP contribution in [-0.2, 0) is 0 Å². The van der Waals surface area contributed by atoms with Gasteiger partial charge in [0.2, 0.25) is 0 Å². The van der Waals surface area contributed by atoms with Crippen LogP contribution in [0, 0.1) is 0 Å². The molecule has 13 aromatic rings. The highest BCUT2D eigenvalue weighted by molar-refractivity contribution is 7.99. The van der Waals surface area contributed by atoms with Crippen molar-refractivity contribution in [2.75, 3.05) is 0 Å². The number of aromatic nitrogens is 1. The first-order chi connectivity index (χ1) is 33.7. The average Bonchev–Trinajstić information content (AvgIpc) is 4.01. The fraction of sp³-hybridized carbons (Fsp3) is 0.0161. The summed E-state index contributed by atoms with van der Waals surface area (Å²) in [6.45, 7) is 0. The molecule has 68 heavy (non-hydrogen) atoms. The minimum Gasteiger partial charge on any atom is -0.452 e. The lowest BCUT2D eigenvalue weighted by Crippen LogP contribution is -2.38. The predicted octanol–water partition coefficient (Wildman–Crippen LogP) is 15.6. The van der Waals surface area contributed by atoms with E-state index in [1.54, 1.807) is 0 Å². The second kappa shape index (κ2) is 14.7. The molecule has 10 aromatic carbocycles. The van der Waals surface area contributed by atoms with E-state index in [-0.39, 0.29) is 6.17 Å². The van der Waals surface area contributed by atoms with E-state index in [0.29, 0.717) is 0 Å². The summed E-state index contributed by atoms with van der Waals surface area (Å²) < 4.78 is 12.0. The maximum atomic E-state index is 6.89. The Morgan fingerprint density at radius 3 is 2.04 bits per heavy atom. The van der Waals surface area contributed by atoms with Gasteiger partial charge in [-0.2, -0.15) is 0 Å². The Morgan fingerprint density at radius 2 is 1.21 bits per heavy atom. The molecule has 3 aromatic heterocycles. The van der Waals surface area contributed by atoms with E-state index in [4.69, 9.17) is 9.41 Å². The van der Waals surface area contributed by atoms with Gasteiger partial charge in [0.25, 0.3) is 0 Å². The molecule has 318 valence electrons. The molecule has 0 aliphatic carbocycles. The summed E-state index contributed by atoms with van der Waals surface area (Å²) in [5.74, 6) is 0. The zero-order valence-corrected chi connectivity index (χ0v) is 38.0. The molecule has 2 bridgehead atoms. The Morgan fingerprint density at radius 1 is 0.500 bits per heavy atom. The summed E-state index contributed by atoms with van der Waals surface area (Å²) in [7, 11) is 0. The van der Waals surface area contributed by atoms with Crippen molar-refractivity contribution in [3.63, 3.8) is 0 Å². The number of furan rings is 1. The van der Waals surface area contributed by atoms with Crippen LogP contribution in [0.5, 0.6) is 0 Å². The molecule has 16 rings (SSSR count). The molecule has 0 radical (unpaired) electrons. The van der Waals surface area contributed by atoms with Crippen molar-refractivity contribution in [3.8, 4) is 39.1 Å². The maximum Gasteiger partial charge on any atom is 0.177 e. The van der Waals surface area contributed by atoms with Gasteiger partial charge in [0, 0.05) is 58.2 Å². The fourth-order valence-electron chi connectivity index (χ4n) is 10.9. The van der Waals surface area contributed by atoms with Crippen molar-refractivity contribution < 1.29 is 4.42 Å². The van der Waals surface area contributed by atoms with Crippen LogP contribution in [0.15, 0.2) is 232 Å². The van der Waals surface area contributed by atoms with E-state index in [1.807, 2.05) is 29.2 Å². The molecule has 4 nitrogen and oxygen atoms in total. The van der Waals surface area contributed by atoms with E-state index in [0.717, 1.165) is 60.9 Å². The molecule has 1 unspecified atom stereocenters. The molecule has 0 spiro atoms. The number of nitrogens with zero attached hydrogens (tertiary/aromatic N) is 2. The number of thiophene rings is 1. The van der Waals surface area contributed by atoms with Crippen LogP contribution in [0.2, 0.25) is 0 Å². The number of para-hydroxylation sites is 2. The second-order valence-corrected chi connectivity index (χ2v) is 20.0. The van der Waals surface area contributed by atoms with Crippen molar-refractivity contribution in [3.05, 3.63) is 234 Å². The van der Waals surface area contributed by atoms with Crippen molar-refractivity contribution >= 4 is 92.5 Å². The molecule has 0 amide bonds. The normalized spacial score (nSPS) is 14.2. The summed E-state index contributed by atoms with van der Waals surface area (Å²) >= 11 is 3.71. The Bertz CT molecular complexity index is 4380. The number of fused-ring (bicyclic) bond motifs is 15. The highest BCUT2D eigenvalue weighted by Gasteiger charge is 2.28. The van der Waals surface area contributed by atoms with Gasteiger partial charge in [0.05, 0.1) is 21.4 Å². The third-order valence-corrected chi connectivity index (χ3v) is 16.3. The predicted molar refractivity (Wildman–Crippen MR) is 283 cm³/mol. The molecule has 6 heterocycles. The van der Waals surface area contributed by atoms with Gasteiger partial charge in [-0.05, 0) is 105 Å². The first-order valence-electron chi connectivity index (χ1n) is 23.0. The monoisotopic (exact) mass is 903 g/mol. The summed E-state index contributed by atoms with van der Waals surface area (Å²) in [6.07, 6.45) is -0.375. The minimum atomic E-state index is -0.375. The van der Waals surface area contributed by atoms with Gasteiger partial charge < -0.3 is 14.3 Å². The molecular weight excluding hydrogens is 867 g/mol. The molecule has 0 saturated carbocycles. The van der Waals surface area contributed by atoms with Crippen molar-refractivity contribution in [1.82, 2.24) is 9.88 Å². The zero-order valence-electron chi connectivity index (χ0n) is 36.4. The highest BCUT2D eigenvalue weighted by Crippen LogP contribution is 2.49. The van der Waals surface area contributed by atoms with Crippen molar-refractivity contribution in [2.24, 2.45) is 4.99 Å². The SMILES string of the molecule is c1ccc(-c2cc(C3=c4oc5ccccc5c4=NC(c4cccc5c4Sc4ccc-5cc4)N3)cc(-n3c4ccccc4c4c5cc(-c6ccccc6)ccc5c5c6ccccc6sc5c43)c2)cc1. The summed E-state index contributed by atoms with van der Waals surface area (Å²) in [6, 6.07) is 77.4. The first-order valence-corrected chi connectivity index (χ1v) is 24.7. The van der Waals surface area contributed by atoms with Crippen LogP contribution >= 0.6 is 23.1 Å². The summed E-state index contributed by atoms with van der Waals surface area (Å²) in [5, 5.41) is 13.5. The largest absolute Gasteiger partial charge is 0.452 e. The second-order valence-electron chi connectivity index (χ2n) is 17.8. The van der Waals surface area contributed by atoms with E-state index in [1.165, 1.54) is 79.3 Å². The quantitative estimate of drug-likeness (QED) is 0.187. The van der Waals surface area contributed by atoms with Gasteiger partial charge in [0.1, 0.15) is 17.1 Å². The maximum absolute atomic E-state index is 6.89. The molecule has 0 fully saturated rings. The van der Waals surface area contributed by atoms with E-state index >= 15 is 0 Å². The first kappa shape index (κ1) is 38.0. The molecule has 6 heteroatoms. The van der Waals surface area contributed by atoms with Gasteiger partial charge in [-0.1, -0.05) is 163 Å². The molecule has 3 aliphatic rings. The Labute approximate surface area is 398 Å². The molecule has 0 saturated heterocycles. The summed E-state index contributed by atoms with van der Waals surface area (Å²) in [4.78, 5) is 7.98. The topological polar surface area (TPSA) is 42.5 Å². The standard InChI is InChI=1S/C62H37N3OS2/c1-3-14-36(15-4-1)39-28-31-45-50(35-39)54-46-18-7-10-23-51(46)65(58(54)61-55(45)48-20-9-12-25-53(48)68-61)42-33-40(37-16-5-2-6-17-37)32-41(34-42)56-59-57(47-19-8-11-24-52(47)66-59)64-62(63-56)49-22-13-21-44-38-26-29-43(30-27-38)67-60(44)49/h1-35,62-63H. The fourth-order valence-corrected chi connectivity index (χ4v) is 13.3. The van der Waals surface area contributed by atoms with Gasteiger partial charge in [-0.15, -0.1) is 11.3 Å². The van der Waals surface area contributed by atoms with Crippen LogP contribution in [0.25, 0.3) is 108 Å². The lowest BCUT2D eigenvalue weighted by atomic mass is 9.95. The molecular formula is C62H37N3OS2. The summed E-state index contributed by atoms with van der Waals surface area (Å²) in [5.41, 5.74) is 15.2. The van der Waals surface area contributed by atoms with Crippen LogP contribution < -0.4 is 16.1 Å². The number of hydrogen-bond donors (Lipinski definition) is 1. The van der Waals surface area contributed by atoms with Crippen LogP contribution in [0.3, 0.4) is 0 Å². The van der Waals surface area contributed by atoms with E-state index in [2.05, 4.69) is 216 Å². The minimum absolute atomic E-state index is 0.375. The Hall–Kier alpha value is -8.16. The van der Waals surface area contributed by atoms with Crippen LogP contribution in [-0.4, -0.2) is 4.57 Å². The van der Waals surface area contributed by atoms with Gasteiger partial charge in [-0.25, -0.2) is 0 Å². The lowest BCUT2D eigenvalue weighted by molar-refractivity contribution is 0.533. The smallest absolute Gasteiger partial charge is 0.177 e. The van der Waals surface area contributed by atoms with Crippen LogP contribution in [0.4, 0.5) is 0 Å². The van der Waals surface area contributed by atoms with Crippen molar-refractivity contribution in [2.45, 2.75) is 16.0 Å². The molecule has 1 N–H and O–H groups in total. The number of benzene rings is 10. The lowest BCUT2D eigenvalue weighted by Gasteiger charge is -2.24. The average molecular weight is 904 g/mol. The third kappa shape index (κ3) is 5.65. The van der Waals surface area contributed by atoms with Gasteiger partial charge in [0.15, 0.2) is 5.42 Å². The Balaban J connectivity index is 1.04. The van der Waals surface area contributed by atoms with E-state index < -0.39 is 0 Å². The zero-order chi connectivity index (χ0) is 44.5. The van der Waals surface area contributed by atoms with Crippen LogP contribution in [0.1, 0.15) is 17.3 Å². The molecule has 3 aliphatic heterocycles. The number of rotatable bonds is 5. The molecule has 1 atom stereocenters. The van der Waals surface area contributed by atoms with E-state index in [9.17, 15) is 0 Å². The van der Waals surface area contributed by atoms with Crippen molar-refractivity contribution in [1.29, 1.82) is 0 Å². The van der Waals surface area contributed by atoms with Gasteiger partial charge in [-0.3, -0.25) is 4.99 Å². The Kier molecular flexibility index (Phi) is 8.20. The highest BCUT2D eigenvalue weighted by atomic mass is 32.2.